The van der Waals surface area contributed by atoms with Gasteiger partial charge < -0.3 is 4.57 Å². The lowest BCUT2D eigenvalue weighted by atomic mass is 10.0. The highest BCUT2D eigenvalue weighted by atomic mass is 32.2. The van der Waals surface area contributed by atoms with Crippen LogP contribution < -0.4 is 10.3 Å². The van der Waals surface area contributed by atoms with E-state index in [9.17, 15) is 4.79 Å². The minimum Gasteiger partial charge on any atom is -0.311 e. The van der Waals surface area contributed by atoms with Gasteiger partial charge in [-0.1, -0.05) is 42.8 Å². The van der Waals surface area contributed by atoms with Gasteiger partial charge in [0.05, 0.1) is 17.1 Å². The van der Waals surface area contributed by atoms with Gasteiger partial charge in [0.15, 0.2) is 0 Å². The van der Waals surface area contributed by atoms with Crippen LogP contribution >= 0.6 is 11.9 Å². The summed E-state index contributed by atoms with van der Waals surface area (Å²) in [6.07, 6.45) is 4.40. The summed E-state index contributed by atoms with van der Waals surface area (Å²) >= 11 is 1.60. The lowest BCUT2D eigenvalue weighted by Gasteiger charge is -2.14. The molecule has 0 unspecified atom stereocenters. The molecule has 0 bridgehead atoms. The molecule has 0 aliphatic rings. The summed E-state index contributed by atoms with van der Waals surface area (Å²) in [6, 6.07) is 7.95. The maximum atomic E-state index is 13.2. The lowest BCUT2D eigenvalue weighted by molar-refractivity contribution is 0.694. The van der Waals surface area contributed by atoms with Crippen LogP contribution in [-0.2, 0) is 20.0 Å². The Labute approximate surface area is 157 Å². The normalized spacial score (nSPS) is 10.7. The Bertz CT molecular complexity index is 1040. The SMILES string of the molecule is CCc1cc2cccc(C#Cc3cnn(C)c3)c2c(=O)n1CCSNC. The second-order valence-corrected chi connectivity index (χ2v) is 7.03. The van der Waals surface area contributed by atoms with Gasteiger partial charge in [0.2, 0.25) is 0 Å². The number of benzene rings is 1. The summed E-state index contributed by atoms with van der Waals surface area (Å²) in [6.45, 7) is 2.75. The summed E-state index contributed by atoms with van der Waals surface area (Å²) in [4.78, 5) is 13.2. The minimum absolute atomic E-state index is 0.0344. The highest BCUT2D eigenvalue weighted by molar-refractivity contribution is 7.97. The maximum Gasteiger partial charge on any atom is 0.259 e. The molecule has 0 atom stereocenters. The highest BCUT2D eigenvalue weighted by Gasteiger charge is 2.11. The fourth-order valence-electron chi connectivity index (χ4n) is 2.96. The van der Waals surface area contributed by atoms with E-state index in [2.05, 4.69) is 34.7 Å². The zero-order chi connectivity index (χ0) is 18.5. The van der Waals surface area contributed by atoms with Crippen molar-refractivity contribution in [2.24, 2.45) is 7.05 Å². The average Bonchev–Trinajstić information content (AvgIpc) is 3.06. The van der Waals surface area contributed by atoms with Crippen molar-refractivity contribution < 1.29 is 0 Å². The number of nitrogens with zero attached hydrogens (tertiary/aromatic N) is 3. The van der Waals surface area contributed by atoms with E-state index in [4.69, 9.17) is 0 Å². The third kappa shape index (κ3) is 3.85. The predicted molar refractivity (Wildman–Crippen MR) is 108 cm³/mol. The molecule has 5 nitrogen and oxygen atoms in total. The van der Waals surface area contributed by atoms with Gasteiger partial charge in [0, 0.05) is 36.8 Å². The van der Waals surface area contributed by atoms with E-state index in [-0.39, 0.29) is 5.56 Å². The Kier molecular flexibility index (Phi) is 5.82. The molecule has 1 N–H and O–H groups in total. The largest absolute Gasteiger partial charge is 0.311 e. The number of hydrogen-bond acceptors (Lipinski definition) is 4. The van der Waals surface area contributed by atoms with Crippen molar-refractivity contribution >= 4 is 22.7 Å². The van der Waals surface area contributed by atoms with Crippen molar-refractivity contribution in [2.45, 2.75) is 19.9 Å². The smallest absolute Gasteiger partial charge is 0.259 e. The van der Waals surface area contributed by atoms with Gasteiger partial charge in [-0.15, -0.1) is 0 Å². The molecule has 0 aliphatic carbocycles. The standard InChI is InChI=1S/C20H22N4OS/c1-4-18-12-17-7-5-6-16(9-8-15-13-22-23(3)14-15)19(17)20(25)24(18)10-11-26-21-2/h5-7,12-14,21H,4,10-11H2,1-3H3. The molecular formula is C20H22N4OS. The lowest BCUT2D eigenvalue weighted by Crippen LogP contribution is -2.25. The quantitative estimate of drug-likeness (QED) is 0.428. The zero-order valence-electron chi connectivity index (χ0n) is 15.2. The molecule has 6 heteroatoms. The molecule has 0 fully saturated rings. The molecule has 2 heterocycles. The molecule has 3 aromatic rings. The van der Waals surface area contributed by atoms with Crippen molar-refractivity contribution in [3.05, 3.63) is 63.8 Å². The zero-order valence-corrected chi connectivity index (χ0v) is 16.1. The fraction of sp³-hybridized carbons (Fsp3) is 0.300. The van der Waals surface area contributed by atoms with Gasteiger partial charge in [-0.05, 0) is 31.0 Å². The second-order valence-electron chi connectivity index (χ2n) is 5.92. The van der Waals surface area contributed by atoms with E-state index in [0.29, 0.717) is 11.9 Å². The number of aromatic nitrogens is 3. The van der Waals surface area contributed by atoms with Gasteiger partial charge in [-0.2, -0.15) is 5.10 Å². The monoisotopic (exact) mass is 366 g/mol. The third-order valence-electron chi connectivity index (χ3n) is 4.19. The van der Waals surface area contributed by atoms with E-state index in [1.54, 1.807) is 22.8 Å². The first kappa shape index (κ1) is 18.3. The molecule has 3 rings (SSSR count). The number of rotatable bonds is 5. The molecular weight excluding hydrogens is 344 g/mol. The van der Waals surface area contributed by atoms with Gasteiger partial charge in [0.25, 0.3) is 5.56 Å². The summed E-state index contributed by atoms with van der Waals surface area (Å²) < 4.78 is 6.65. The molecule has 0 aliphatic heterocycles. The van der Waals surface area contributed by atoms with E-state index in [1.807, 2.05) is 43.1 Å². The Morgan fingerprint density at radius 3 is 2.85 bits per heavy atom. The van der Waals surface area contributed by atoms with Crippen LogP contribution in [-0.4, -0.2) is 27.1 Å². The van der Waals surface area contributed by atoms with Crippen LogP contribution in [0.15, 0.2) is 41.5 Å². The molecule has 0 saturated carbocycles. The first-order valence-corrected chi connectivity index (χ1v) is 9.57. The van der Waals surface area contributed by atoms with Crippen LogP contribution in [0.1, 0.15) is 23.7 Å². The number of pyridine rings is 1. The van der Waals surface area contributed by atoms with Crippen LogP contribution in [0.2, 0.25) is 0 Å². The van der Waals surface area contributed by atoms with Gasteiger partial charge in [-0.25, -0.2) is 0 Å². The summed E-state index contributed by atoms with van der Waals surface area (Å²) in [5.41, 5.74) is 2.68. The van der Waals surface area contributed by atoms with E-state index < -0.39 is 0 Å². The number of fused-ring (bicyclic) bond motifs is 1. The van der Waals surface area contributed by atoms with Crippen LogP contribution in [0.3, 0.4) is 0 Å². The van der Waals surface area contributed by atoms with E-state index in [1.165, 1.54) is 0 Å². The van der Waals surface area contributed by atoms with Gasteiger partial charge in [-0.3, -0.25) is 14.2 Å². The van der Waals surface area contributed by atoms with Crippen molar-refractivity contribution in [1.29, 1.82) is 0 Å². The summed E-state index contributed by atoms with van der Waals surface area (Å²) in [5.74, 6) is 7.09. The van der Waals surface area contributed by atoms with Crippen LogP contribution in [0.5, 0.6) is 0 Å². The molecule has 1 aromatic carbocycles. The van der Waals surface area contributed by atoms with Crippen molar-refractivity contribution in [1.82, 2.24) is 19.1 Å². The Balaban J connectivity index is 2.11. The highest BCUT2D eigenvalue weighted by Crippen LogP contribution is 2.17. The number of hydrogen-bond donors (Lipinski definition) is 1. The van der Waals surface area contributed by atoms with Crippen molar-refractivity contribution in [3.8, 4) is 11.8 Å². The topological polar surface area (TPSA) is 51.9 Å². The summed E-state index contributed by atoms with van der Waals surface area (Å²) in [5, 5.41) is 5.76. The number of aryl methyl sites for hydroxylation is 2. The average molecular weight is 366 g/mol. The van der Waals surface area contributed by atoms with Crippen LogP contribution in [0, 0.1) is 11.8 Å². The van der Waals surface area contributed by atoms with Crippen LogP contribution in [0.4, 0.5) is 0 Å². The first-order chi connectivity index (χ1) is 12.6. The fourth-order valence-corrected chi connectivity index (χ4v) is 3.44. The van der Waals surface area contributed by atoms with Crippen molar-refractivity contribution in [2.75, 3.05) is 12.8 Å². The predicted octanol–water partition coefficient (Wildman–Crippen LogP) is 2.56. The Morgan fingerprint density at radius 1 is 1.31 bits per heavy atom. The molecule has 0 spiro atoms. The molecule has 0 radical (unpaired) electrons. The molecule has 134 valence electrons. The Hall–Kier alpha value is -2.49. The van der Waals surface area contributed by atoms with Crippen LogP contribution in [0.25, 0.3) is 10.8 Å². The Morgan fingerprint density at radius 2 is 2.15 bits per heavy atom. The van der Waals surface area contributed by atoms with Crippen molar-refractivity contribution in [3.63, 3.8) is 0 Å². The van der Waals surface area contributed by atoms with Gasteiger partial charge >= 0.3 is 0 Å². The molecule has 2 aromatic heterocycles. The first-order valence-electron chi connectivity index (χ1n) is 8.58. The summed E-state index contributed by atoms with van der Waals surface area (Å²) in [7, 11) is 3.75. The number of nitrogens with one attached hydrogen (secondary N) is 1. The molecule has 0 saturated heterocycles. The van der Waals surface area contributed by atoms with Gasteiger partial charge in [0.1, 0.15) is 0 Å². The van der Waals surface area contributed by atoms with E-state index in [0.717, 1.165) is 34.4 Å². The molecule has 0 amide bonds. The van der Waals surface area contributed by atoms with E-state index >= 15 is 0 Å². The second kappa shape index (κ2) is 8.26. The maximum absolute atomic E-state index is 13.2. The minimum atomic E-state index is 0.0344. The third-order valence-corrected chi connectivity index (χ3v) is 4.87. The molecule has 26 heavy (non-hydrogen) atoms.